The fraction of sp³-hybridized carbons (Fsp3) is 0.200. The highest BCUT2D eigenvalue weighted by Crippen LogP contribution is 2.18. The van der Waals surface area contributed by atoms with Gasteiger partial charge in [-0.3, -0.25) is 9.20 Å². The summed E-state index contributed by atoms with van der Waals surface area (Å²) in [6.07, 6.45) is 1.61. The van der Waals surface area contributed by atoms with Crippen molar-refractivity contribution in [3.63, 3.8) is 0 Å². The van der Waals surface area contributed by atoms with E-state index in [0.717, 1.165) is 16.7 Å². The molecular weight excluding hydrogens is 392 g/mol. The van der Waals surface area contributed by atoms with Crippen LogP contribution in [0.15, 0.2) is 58.0 Å². The molecule has 0 radical (unpaired) electrons. The first-order valence-corrected chi connectivity index (χ1v) is 10.7. The van der Waals surface area contributed by atoms with Crippen molar-refractivity contribution in [2.24, 2.45) is 0 Å². The van der Waals surface area contributed by atoms with Crippen LogP contribution in [0.3, 0.4) is 0 Å². The summed E-state index contributed by atoms with van der Waals surface area (Å²) in [5.41, 5.74) is 3.00. The molecule has 0 spiro atoms. The molecule has 0 saturated carbocycles. The summed E-state index contributed by atoms with van der Waals surface area (Å²) in [6, 6.07) is 12.2. The van der Waals surface area contributed by atoms with Crippen LogP contribution in [0.2, 0.25) is 0 Å². The number of benzene rings is 1. The molecule has 0 N–H and O–H groups in total. The number of aromatic nitrogens is 4. The molecule has 0 atom stereocenters. The molecule has 0 bridgehead atoms. The molecule has 148 valence electrons. The number of hydrogen-bond acceptors (Lipinski definition) is 7. The Balaban J connectivity index is 1.56. The topological polar surface area (TPSA) is 107 Å². The highest BCUT2D eigenvalue weighted by atomic mass is 32.2. The van der Waals surface area contributed by atoms with Gasteiger partial charge in [0.1, 0.15) is 11.4 Å². The van der Waals surface area contributed by atoms with Gasteiger partial charge < -0.3 is 4.52 Å². The molecular formula is C20H18N4O4S. The summed E-state index contributed by atoms with van der Waals surface area (Å²) in [5, 5.41) is 3.85. The van der Waals surface area contributed by atoms with Crippen molar-refractivity contribution >= 4 is 15.5 Å². The molecule has 0 fully saturated rings. The van der Waals surface area contributed by atoms with Gasteiger partial charge in [-0.05, 0) is 31.5 Å². The average Bonchev–Trinajstić information content (AvgIpc) is 3.09. The van der Waals surface area contributed by atoms with Gasteiger partial charge in [0.2, 0.25) is 11.7 Å². The second-order valence-corrected chi connectivity index (χ2v) is 8.99. The summed E-state index contributed by atoms with van der Waals surface area (Å²) in [4.78, 5) is 20.7. The molecule has 0 amide bonds. The Morgan fingerprint density at radius 2 is 1.72 bits per heavy atom. The number of nitrogens with zero attached hydrogens (tertiary/aromatic N) is 4. The van der Waals surface area contributed by atoms with E-state index >= 15 is 0 Å². The van der Waals surface area contributed by atoms with Crippen molar-refractivity contribution in [2.45, 2.75) is 25.4 Å². The fourth-order valence-corrected chi connectivity index (χ4v) is 4.12. The van der Waals surface area contributed by atoms with E-state index in [-0.39, 0.29) is 17.1 Å². The van der Waals surface area contributed by atoms with Gasteiger partial charge in [0.05, 0.1) is 11.4 Å². The Bertz CT molecular complexity index is 1360. The maximum absolute atomic E-state index is 12.6. The lowest BCUT2D eigenvalue weighted by atomic mass is 10.1. The van der Waals surface area contributed by atoms with Gasteiger partial charge in [0.25, 0.3) is 5.56 Å². The van der Waals surface area contributed by atoms with Gasteiger partial charge in [-0.25, -0.2) is 13.4 Å². The Morgan fingerprint density at radius 3 is 2.48 bits per heavy atom. The molecule has 0 aliphatic rings. The Morgan fingerprint density at radius 1 is 0.966 bits per heavy atom. The monoisotopic (exact) mass is 410 g/mol. The molecule has 8 nitrogen and oxygen atoms in total. The summed E-state index contributed by atoms with van der Waals surface area (Å²) >= 11 is 0. The molecule has 4 rings (SSSR count). The normalized spacial score (nSPS) is 11.8. The summed E-state index contributed by atoms with van der Waals surface area (Å²) in [7, 11) is -3.67. The zero-order valence-corrected chi connectivity index (χ0v) is 16.7. The van der Waals surface area contributed by atoms with Crippen molar-refractivity contribution in [3.05, 3.63) is 81.7 Å². The minimum absolute atomic E-state index is 0.00562. The highest BCUT2D eigenvalue weighted by Gasteiger charge is 2.20. The van der Waals surface area contributed by atoms with E-state index < -0.39 is 21.3 Å². The second kappa shape index (κ2) is 7.25. The number of pyridine rings is 1. The molecule has 0 aliphatic carbocycles. The highest BCUT2D eigenvalue weighted by molar-refractivity contribution is 7.89. The largest absolute Gasteiger partial charge is 0.338 e. The lowest BCUT2D eigenvalue weighted by molar-refractivity contribution is 0.389. The first kappa shape index (κ1) is 19.0. The number of rotatable bonds is 5. The lowest BCUT2D eigenvalue weighted by Gasteiger charge is -2.05. The first-order chi connectivity index (χ1) is 13.8. The number of sulfone groups is 1. The molecule has 0 aliphatic heterocycles. The molecule has 29 heavy (non-hydrogen) atoms. The minimum Gasteiger partial charge on any atom is -0.338 e. The van der Waals surface area contributed by atoms with Crippen molar-refractivity contribution in [2.75, 3.05) is 0 Å². The predicted molar refractivity (Wildman–Crippen MR) is 107 cm³/mol. The Hall–Kier alpha value is -3.33. The average molecular weight is 410 g/mol. The quantitative estimate of drug-likeness (QED) is 0.497. The van der Waals surface area contributed by atoms with Crippen molar-refractivity contribution in [1.82, 2.24) is 19.5 Å². The van der Waals surface area contributed by atoms with Gasteiger partial charge in [-0.1, -0.05) is 35.0 Å². The fourth-order valence-electron chi connectivity index (χ4n) is 2.93. The van der Waals surface area contributed by atoms with Gasteiger partial charge >= 0.3 is 0 Å². The first-order valence-electron chi connectivity index (χ1n) is 8.88. The van der Waals surface area contributed by atoms with E-state index in [1.807, 2.05) is 38.1 Å². The smallest absolute Gasteiger partial charge is 0.258 e. The van der Waals surface area contributed by atoms with Crippen molar-refractivity contribution in [1.29, 1.82) is 0 Å². The van der Waals surface area contributed by atoms with E-state index in [0.29, 0.717) is 11.5 Å². The lowest BCUT2D eigenvalue weighted by Crippen LogP contribution is -2.18. The third-order valence-corrected chi connectivity index (χ3v) is 5.79. The van der Waals surface area contributed by atoms with Gasteiger partial charge in [-0.15, -0.1) is 0 Å². The molecule has 0 saturated heterocycles. The van der Waals surface area contributed by atoms with Crippen LogP contribution in [-0.2, 0) is 21.3 Å². The van der Waals surface area contributed by atoms with Crippen LogP contribution in [0.1, 0.15) is 22.7 Å². The number of hydrogen-bond donors (Lipinski definition) is 0. The molecule has 4 aromatic rings. The second-order valence-electron chi connectivity index (χ2n) is 6.93. The Labute approximate surface area is 166 Å². The minimum atomic E-state index is -3.67. The van der Waals surface area contributed by atoms with Crippen LogP contribution < -0.4 is 5.56 Å². The van der Waals surface area contributed by atoms with Crippen LogP contribution in [0.5, 0.6) is 0 Å². The summed E-state index contributed by atoms with van der Waals surface area (Å²) in [6.45, 7) is 3.84. The summed E-state index contributed by atoms with van der Waals surface area (Å²) in [5.74, 6) is -0.503. The molecule has 3 heterocycles. The molecule has 3 aromatic heterocycles. The molecule has 0 unspecified atom stereocenters. The summed E-state index contributed by atoms with van der Waals surface area (Å²) < 4.78 is 31.7. The Kier molecular flexibility index (Phi) is 4.75. The standard InChI is InChI=1S/C20H18N4O4S/c1-13-3-5-15(6-4-13)20-22-18(28-23-20)12-29(26,27)11-16-10-19(25)24-8-7-14(2)9-17(24)21-16/h3-10H,11-12H2,1-2H3. The predicted octanol–water partition coefficient (Wildman–Crippen LogP) is 2.48. The van der Waals surface area contributed by atoms with Crippen molar-refractivity contribution in [3.8, 4) is 11.4 Å². The SMILES string of the molecule is Cc1ccc(-c2noc(CS(=O)(=O)Cc3cc(=O)n4ccc(C)cc4n3)n2)cc1. The zero-order valence-electron chi connectivity index (χ0n) is 15.9. The third-order valence-electron chi connectivity index (χ3n) is 4.36. The van der Waals surface area contributed by atoms with E-state index in [1.165, 1.54) is 10.5 Å². The van der Waals surface area contributed by atoms with Crippen LogP contribution >= 0.6 is 0 Å². The van der Waals surface area contributed by atoms with E-state index in [9.17, 15) is 13.2 Å². The van der Waals surface area contributed by atoms with Gasteiger partial charge in [0, 0.05) is 17.8 Å². The molecule has 9 heteroatoms. The van der Waals surface area contributed by atoms with Gasteiger partial charge in [0.15, 0.2) is 9.84 Å². The molecule has 1 aromatic carbocycles. The van der Waals surface area contributed by atoms with Crippen molar-refractivity contribution < 1.29 is 12.9 Å². The van der Waals surface area contributed by atoms with Crippen LogP contribution in [0.4, 0.5) is 0 Å². The van der Waals surface area contributed by atoms with Crippen LogP contribution in [0, 0.1) is 13.8 Å². The van der Waals surface area contributed by atoms with E-state index in [2.05, 4.69) is 15.1 Å². The van der Waals surface area contributed by atoms with Gasteiger partial charge in [-0.2, -0.15) is 4.98 Å². The number of aryl methyl sites for hydroxylation is 2. The third kappa shape index (κ3) is 4.24. The maximum atomic E-state index is 12.6. The van der Waals surface area contributed by atoms with E-state index in [1.54, 1.807) is 18.3 Å². The zero-order chi connectivity index (χ0) is 20.6. The van der Waals surface area contributed by atoms with Crippen LogP contribution in [0.25, 0.3) is 17.0 Å². The maximum Gasteiger partial charge on any atom is 0.258 e. The van der Waals surface area contributed by atoms with Crippen LogP contribution in [-0.4, -0.2) is 27.9 Å². The van der Waals surface area contributed by atoms with E-state index in [4.69, 9.17) is 4.52 Å². The number of fused-ring (bicyclic) bond motifs is 1.